The zero-order valence-electron chi connectivity index (χ0n) is 17.8. The monoisotopic (exact) mass is 496 g/mol. The molecule has 0 aliphatic rings. The Morgan fingerprint density at radius 1 is 0.781 bits per heavy atom. The molecule has 0 atom stereocenters. The number of hydrogen-bond donors (Lipinski definition) is 0. The number of hydrogen-bond acceptors (Lipinski definition) is 6. The standard InChI is InChI=1S/C25H21BrO6/c1-29-19-10-11-20(23(15-19)30-2)21(27)12-4-16-5-13-22(24(14-16)31-3)32-25(28)17-6-8-18(26)9-7-17/h4-15H,1-3H3. The molecule has 3 aromatic rings. The van der Waals surface area contributed by atoms with Crippen molar-refractivity contribution >= 4 is 33.8 Å². The first-order valence-electron chi connectivity index (χ1n) is 9.55. The Morgan fingerprint density at radius 3 is 2.16 bits per heavy atom. The van der Waals surface area contributed by atoms with Crippen LogP contribution in [0.15, 0.2) is 71.2 Å². The zero-order valence-corrected chi connectivity index (χ0v) is 19.3. The molecule has 0 radical (unpaired) electrons. The van der Waals surface area contributed by atoms with Crippen LogP contribution in [0.2, 0.25) is 0 Å². The molecule has 0 saturated heterocycles. The third-order valence-electron chi connectivity index (χ3n) is 4.57. The highest BCUT2D eigenvalue weighted by molar-refractivity contribution is 9.10. The van der Waals surface area contributed by atoms with Gasteiger partial charge in [0.1, 0.15) is 11.5 Å². The minimum Gasteiger partial charge on any atom is -0.497 e. The number of halogens is 1. The molecule has 3 rings (SSSR count). The van der Waals surface area contributed by atoms with Gasteiger partial charge in [0.05, 0.1) is 32.5 Å². The number of esters is 1. The van der Waals surface area contributed by atoms with E-state index in [1.807, 2.05) is 0 Å². The average molecular weight is 497 g/mol. The van der Waals surface area contributed by atoms with E-state index in [0.717, 1.165) is 4.47 Å². The van der Waals surface area contributed by atoms with Gasteiger partial charge in [0.25, 0.3) is 0 Å². The van der Waals surface area contributed by atoms with E-state index in [0.29, 0.717) is 33.9 Å². The molecule has 0 bridgehead atoms. The minimum atomic E-state index is -0.499. The van der Waals surface area contributed by atoms with Crippen molar-refractivity contribution in [2.75, 3.05) is 21.3 Å². The van der Waals surface area contributed by atoms with Gasteiger partial charge in [-0.05, 0) is 60.2 Å². The Morgan fingerprint density at radius 2 is 1.50 bits per heavy atom. The Labute approximate surface area is 194 Å². The van der Waals surface area contributed by atoms with Crippen LogP contribution in [-0.2, 0) is 0 Å². The van der Waals surface area contributed by atoms with Crippen LogP contribution in [0.1, 0.15) is 26.3 Å². The number of rotatable bonds is 8. The normalized spacial score (nSPS) is 10.6. The summed E-state index contributed by atoms with van der Waals surface area (Å²) >= 11 is 3.33. The van der Waals surface area contributed by atoms with Crippen LogP contribution >= 0.6 is 15.9 Å². The molecule has 0 amide bonds. The summed E-state index contributed by atoms with van der Waals surface area (Å²) in [7, 11) is 4.52. The molecule has 0 unspecified atom stereocenters. The topological polar surface area (TPSA) is 71.1 Å². The highest BCUT2D eigenvalue weighted by Gasteiger charge is 2.14. The van der Waals surface area contributed by atoms with Gasteiger partial charge in [0.2, 0.25) is 0 Å². The second-order valence-corrected chi connectivity index (χ2v) is 7.49. The summed E-state index contributed by atoms with van der Waals surface area (Å²) in [6.07, 6.45) is 3.08. The second-order valence-electron chi connectivity index (χ2n) is 6.57. The fraction of sp³-hybridized carbons (Fsp3) is 0.120. The van der Waals surface area contributed by atoms with Crippen molar-refractivity contribution in [3.8, 4) is 23.0 Å². The first-order valence-corrected chi connectivity index (χ1v) is 10.3. The maximum Gasteiger partial charge on any atom is 0.343 e. The summed E-state index contributed by atoms with van der Waals surface area (Å²) in [5.74, 6) is 0.940. The molecule has 32 heavy (non-hydrogen) atoms. The van der Waals surface area contributed by atoms with Gasteiger partial charge in [-0.15, -0.1) is 0 Å². The van der Waals surface area contributed by atoms with Gasteiger partial charge >= 0.3 is 5.97 Å². The lowest BCUT2D eigenvalue weighted by Gasteiger charge is -2.10. The van der Waals surface area contributed by atoms with Crippen LogP contribution in [0.5, 0.6) is 23.0 Å². The minimum absolute atomic E-state index is 0.228. The average Bonchev–Trinajstić information content (AvgIpc) is 2.82. The van der Waals surface area contributed by atoms with Crippen LogP contribution in [0, 0.1) is 0 Å². The second kappa shape index (κ2) is 10.6. The summed E-state index contributed by atoms with van der Waals surface area (Å²) in [5, 5.41) is 0. The molecule has 7 heteroatoms. The van der Waals surface area contributed by atoms with Crippen LogP contribution in [-0.4, -0.2) is 33.1 Å². The van der Waals surface area contributed by atoms with E-state index in [1.165, 1.54) is 20.3 Å². The van der Waals surface area contributed by atoms with Gasteiger partial charge in [-0.1, -0.05) is 28.1 Å². The summed E-state index contributed by atoms with van der Waals surface area (Å²) in [6.45, 7) is 0. The van der Waals surface area contributed by atoms with Crippen molar-refractivity contribution in [1.82, 2.24) is 0 Å². The van der Waals surface area contributed by atoms with Crippen molar-refractivity contribution in [1.29, 1.82) is 0 Å². The zero-order chi connectivity index (χ0) is 23.1. The lowest BCUT2D eigenvalue weighted by atomic mass is 10.1. The van der Waals surface area contributed by atoms with Gasteiger partial charge < -0.3 is 18.9 Å². The molecule has 0 heterocycles. The smallest absolute Gasteiger partial charge is 0.343 e. The summed E-state index contributed by atoms with van der Waals surface area (Å²) in [6, 6.07) is 16.9. The number of ether oxygens (including phenoxy) is 4. The fourth-order valence-electron chi connectivity index (χ4n) is 2.88. The van der Waals surface area contributed by atoms with Crippen LogP contribution < -0.4 is 18.9 Å². The van der Waals surface area contributed by atoms with Crippen molar-refractivity contribution in [2.24, 2.45) is 0 Å². The molecule has 0 aromatic heterocycles. The van der Waals surface area contributed by atoms with Crippen molar-refractivity contribution in [2.45, 2.75) is 0 Å². The lowest BCUT2D eigenvalue weighted by molar-refractivity contribution is 0.0729. The van der Waals surface area contributed by atoms with Gasteiger partial charge in [0.15, 0.2) is 17.3 Å². The largest absolute Gasteiger partial charge is 0.497 e. The molecule has 0 aliphatic carbocycles. The summed E-state index contributed by atoms with van der Waals surface area (Å²) < 4.78 is 22.1. The summed E-state index contributed by atoms with van der Waals surface area (Å²) in [4.78, 5) is 25.0. The molecule has 0 saturated carbocycles. The molecule has 3 aromatic carbocycles. The van der Waals surface area contributed by atoms with E-state index in [9.17, 15) is 9.59 Å². The summed E-state index contributed by atoms with van der Waals surface area (Å²) in [5.41, 5.74) is 1.53. The van der Waals surface area contributed by atoms with Crippen molar-refractivity contribution in [3.63, 3.8) is 0 Å². The van der Waals surface area contributed by atoms with Gasteiger partial charge in [-0.3, -0.25) is 4.79 Å². The number of ketones is 1. The van der Waals surface area contributed by atoms with Crippen molar-refractivity contribution < 1.29 is 28.5 Å². The maximum atomic E-state index is 12.6. The third kappa shape index (κ3) is 5.56. The van der Waals surface area contributed by atoms with Gasteiger partial charge in [-0.2, -0.15) is 0 Å². The highest BCUT2D eigenvalue weighted by atomic mass is 79.9. The Bertz CT molecular complexity index is 1150. The quantitative estimate of drug-likeness (QED) is 0.175. The fourth-order valence-corrected chi connectivity index (χ4v) is 3.15. The van der Waals surface area contributed by atoms with E-state index in [1.54, 1.807) is 73.8 Å². The van der Waals surface area contributed by atoms with Gasteiger partial charge in [0, 0.05) is 10.5 Å². The molecule has 0 aliphatic heterocycles. The molecule has 0 fully saturated rings. The van der Waals surface area contributed by atoms with Gasteiger partial charge in [-0.25, -0.2) is 4.79 Å². The predicted molar refractivity (Wildman–Crippen MR) is 125 cm³/mol. The molecular formula is C25H21BrO6. The lowest BCUT2D eigenvalue weighted by Crippen LogP contribution is -2.09. The first-order chi connectivity index (χ1) is 15.4. The Balaban J connectivity index is 1.77. The molecule has 164 valence electrons. The molecule has 0 N–H and O–H groups in total. The Kier molecular flexibility index (Phi) is 7.68. The molecule has 0 spiro atoms. The number of carbonyl (C=O) groups excluding carboxylic acids is 2. The predicted octanol–water partition coefficient (Wildman–Crippen LogP) is 5.59. The number of benzene rings is 3. The number of carbonyl (C=O) groups is 2. The molecular weight excluding hydrogens is 476 g/mol. The number of methoxy groups -OCH3 is 3. The molecule has 6 nitrogen and oxygen atoms in total. The van der Waals surface area contributed by atoms with Crippen LogP contribution in [0.25, 0.3) is 6.08 Å². The van der Waals surface area contributed by atoms with E-state index in [4.69, 9.17) is 18.9 Å². The van der Waals surface area contributed by atoms with Crippen LogP contribution in [0.4, 0.5) is 0 Å². The maximum absolute atomic E-state index is 12.6. The van der Waals surface area contributed by atoms with E-state index < -0.39 is 5.97 Å². The number of allylic oxidation sites excluding steroid dienone is 1. The Hall–Kier alpha value is -3.58. The van der Waals surface area contributed by atoms with E-state index >= 15 is 0 Å². The SMILES string of the molecule is COc1ccc(C(=O)C=Cc2ccc(OC(=O)c3ccc(Br)cc3)c(OC)c2)c(OC)c1. The highest BCUT2D eigenvalue weighted by Crippen LogP contribution is 2.30. The van der Waals surface area contributed by atoms with Crippen molar-refractivity contribution in [3.05, 3.63) is 87.9 Å². The third-order valence-corrected chi connectivity index (χ3v) is 5.10. The van der Waals surface area contributed by atoms with E-state index in [2.05, 4.69) is 15.9 Å². The van der Waals surface area contributed by atoms with Crippen LogP contribution in [0.3, 0.4) is 0 Å². The first kappa shape index (κ1) is 23.1. The van der Waals surface area contributed by atoms with E-state index in [-0.39, 0.29) is 11.5 Å².